The molecular weight excluding hydrogens is 379 g/mol. The van der Waals surface area contributed by atoms with Crippen molar-refractivity contribution in [3.05, 3.63) is 70.7 Å². The van der Waals surface area contributed by atoms with Crippen LogP contribution in [0.4, 0.5) is 13.2 Å². The third-order valence-electron chi connectivity index (χ3n) is 3.96. The van der Waals surface area contributed by atoms with Crippen LogP contribution in [-0.2, 0) is 10.9 Å². The molecule has 0 amide bonds. The fourth-order valence-electron chi connectivity index (χ4n) is 2.72. The second-order valence-electron chi connectivity index (χ2n) is 5.75. The van der Waals surface area contributed by atoms with Crippen molar-refractivity contribution in [3.8, 4) is 22.5 Å². The van der Waals surface area contributed by atoms with Crippen molar-refractivity contribution in [2.24, 2.45) is 0 Å². The summed E-state index contributed by atoms with van der Waals surface area (Å²) >= 11 is 5.69. The maximum atomic E-state index is 13.2. The SMILES string of the molecule is CCOC(=O)c1cc(-c2ccc(Cl)c(C(F)(F)F)c2)[nH]c1-c1ccccc1. The molecule has 0 aliphatic rings. The second-order valence-corrected chi connectivity index (χ2v) is 6.16. The highest BCUT2D eigenvalue weighted by Gasteiger charge is 2.33. The van der Waals surface area contributed by atoms with Crippen molar-refractivity contribution in [2.45, 2.75) is 13.1 Å². The van der Waals surface area contributed by atoms with Gasteiger partial charge >= 0.3 is 12.1 Å². The summed E-state index contributed by atoms with van der Waals surface area (Å²) in [6.45, 7) is 1.87. The van der Waals surface area contributed by atoms with E-state index in [4.69, 9.17) is 16.3 Å². The Hall–Kier alpha value is -2.73. The topological polar surface area (TPSA) is 42.1 Å². The van der Waals surface area contributed by atoms with E-state index in [-0.39, 0.29) is 22.8 Å². The number of aromatic nitrogens is 1. The lowest BCUT2D eigenvalue weighted by atomic mass is 10.1. The molecule has 7 heteroatoms. The van der Waals surface area contributed by atoms with E-state index >= 15 is 0 Å². The molecule has 1 aromatic heterocycles. The van der Waals surface area contributed by atoms with Gasteiger partial charge in [0.15, 0.2) is 0 Å². The van der Waals surface area contributed by atoms with Crippen molar-refractivity contribution >= 4 is 17.6 Å². The highest BCUT2D eigenvalue weighted by molar-refractivity contribution is 6.31. The number of hydrogen-bond acceptors (Lipinski definition) is 2. The Morgan fingerprint density at radius 1 is 1.07 bits per heavy atom. The van der Waals surface area contributed by atoms with Crippen LogP contribution in [0.2, 0.25) is 5.02 Å². The van der Waals surface area contributed by atoms with Gasteiger partial charge in [-0.25, -0.2) is 4.79 Å². The van der Waals surface area contributed by atoms with Crippen LogP contribution in [0.1, 0.15) is 22.8 Å². The minimum atomic E-state index is -4.58. The van der Waals surface area contributed by atoms with Gasteiger partial charge < -0.3 is 9.72 Å². The van der Waals surface area contributed by atoms with E-state index < -0.39 is 17.7 Å². The van der Waals surface area contributed by atoms with Crippen molar-refractivity contribution < 1.29 is 22.7 Å². The van der Waals surface area contributed by atoms with Gasteiger partial charge in [0.05, 0.1) is 28.5 Å². The zero-order valence-corrected chi connectivity index (χ0v) is 15.0. The van der Waals surface area contributed by atoms with Gasteiger partial charge in [-0.2, -0.15) is 13.2 Å². The average Bonchev–Trinajstić information content (AvgIpc) is 3.07. The molecule has 0 radical (unpaired) electrons. The maximum absolute atomic E-state index is 13.2. The lowest BCUT2D eigenvalue weighted by molar-refractivity contribution is -0.137. The number of esters is 1. The van der Waals surface area contributed by atoms with Crippen LogP contribution in [0.3, 0.4) is 0 Å². The number of H-pyrrole nitrogens is 1. The van der Waals surface area contributed by atoms with E-state index in [1.807, 2.05) is 6.07 Å². The number of ether oxygens (including phenoxy) is 1. The van der Waals surface area contributed by atoms with Crippen molar-refractivity contribution in [2.75, 3.05) is 6.61 Å². The third-order valence-corrected chi connectivity index (χ3v) is 4.29. The predicted molar refractivity (Wildman–Crippen MR) is 97.6 cm³/mol. The molecule has 3 nitrogen and oxygen atoms in total. The summed E-state index contributed by atoms with van der Waals surface area (Å²) in [5, 5.41) is -0.383. The van der Waals surface area contributed by atoms with Crippen LogP contribution >= 0.6 is 11.6 Å². The van der Waals surface area contributed by atoms with Crippen LogP contribution in [0.25, 0.3) is 22.5 Å². The molecule has 0 fully saturated rings. The lowest BCUT2D eigenvalue weighted by Crippen LogP contribution is -2.06. The zero-order chi connectivity index (χ0) is 19.6. The molecule has 0 unspecified atom stereocenters. The maximum Gasteiger partial charge on any atom is 0.417 e. The molecule has 0 aliphatic heterocycles. The van der Waals surface area contributed by atoms with E-state index in [1.165, 1.54) is 18.2 Å². The largest absolute Gasteiger partial charge is 0.462 e. The molecule has 1 heterocycles. The molecular formula is C20H15ClF3NO2. The van der Waals surface area contributed by atoms with Crippen molar-refractivity contribution in [1.29, 1.82) is 0 Å². The highest BCUT2D eigenvalue weighted by atomic mass is 35.5. The first kappa shape index (κ1) is 19.0. The average molecular weight is 394 g/mol. The number of carbonyl (C=O) groups is 1. The molecule has 1 N–H and O–H groups in total. The standard InChI is InChI=1S/C20H15ClF3NO2/c1-2-27-19(26)14-11-17(25-18(14)12-6-4-3-5-7-12)13-8-9-16(21)15(10-13)20(22,23)24/h3-11,25H,2H2,1H3. The summed E-state index contributed by atoms with van der Waals surface area (Å²) in [6.07, 6.45) is -4.58. The van der Waals surface area contributed by atoms with Gasteiger partial charge in [-0.1, -0.05) is 48.0 Å². The monoisotopic (exact) mass is 393 g/mol. The van der Waals surface area contributed by atoms with Crippen LogP contribution in [0.15, 0.2) is 54.6 Å². The Bertz CT molecular complexity index is 965. The molecule has 0 saturated carbocycles. The summed E-state index contributed by atoms with van der Waals surface area (Å²) in [6, 6.07) is 14.1. The number of rotatable bonds is 4. The Morgan fingerprint density at radius 2 is 1.78 bits per heavy atom. The Labute approximate surface area is 158 Å². The van der Waals surface area contributed by atoms with Gasteiger partial charge in [0.25, 0.3) is 0 Å². The first-order valence-electron chi connectivity index (χ1n) is 8.14. The molecule has 2 aromatic carbocycles. The predicted octanol–water partition coefficient (Wildman–Crippen LogP) is 6.20. The van der Waals surface area contributed by atoms with Gasteiger partial charge in [0, 0.05) is 5.69 Å². The number of halogens is 4. The van der Waals surface area contributed by atoms with Gasteiger partial charge in [0.2, 0.25) is 0 Å². The van der Waals surface area contributed by atoms with E-state index in [1.54, 1.807) is 31.2 Å². The minimum absolute atomic E-state index is 0.187. The summed E-state index contributed by atoms with van der Waals surface area (Å²) in [5.74, 6) is -0.552. The van der Waals surface area contributed by atoms with E-state index in [9.17, 15) is 18.0 Å². The summed E-state index contributed by atoms with van der Waals surface area (Å²) in [4.78, 5) is 15.4. The van der Waals surface area contributed by atoms with Crippen molar-refractivity contribution in [3.63, 3.8) is 0 Å². The number of carbonyl (C=O) groups excluding carboxylic acids is 1. The van der Waals surface area contributed by atoms with Crippen LogP contribution in [-0.4, -0.2) is 17.6 Å². The normalized spacial score (nSPS) is 11.4. The summed E-state index contributed by atoms with van der Waals surface area (Å²) in [5.41, 5.74) is 1.14. The van der Waals surface area contributed by atoms with Gasteiger partial charge in [-0.05, 0) is 36.2 Å². The van der Waals surface area contributed by atoms with Crippen molar-refractivity contribution in [1.82, 2.24) is 4.98 Å². The first-order chi connectivity index (χ1) is 12.8. The summed E-state index contributed by atoms with van der Waals surface area (Å²) in [7, 11) is 0. The number of aromatic amines is 1. The molecule has 0 spiro atoms. The quantitative estimate of drug-likeness (QED) is 0.536. The zero-order valence-electron chi connectivity index (χ0n) is 14.2. The molecule has 27 heavy (non-hydrogen) atoms. The van der Waals surface area contributed by atoms with Crippen LogP contribution in [0, 0.1) is 0 Å². The lowest BCUT2D eigenvalue weighted by Gasteiger charge is -2.10. The van der Waals surface area contributed by atoms with Gasteiger partial charge in [-0.3, -0.25) is 0 Å². The molecule has 3 rings (SSSR count). The highest BCUT2D eigenvalue weighted by Crippen LogP contribution is 2.38. The van der Waals surface area contributed by atoms with Crippen LogP contribution in [0.5, 0.6) is 0 Å². The van der Waals surface area contributed by atoms with Gasteiger partial charge in [0.1, 0.15) is 0 Å². The van der Waals surface area contributed by atoms with E-state index in [0.29, 0.717) is 11.4 Å². The molecule has 0 saturated heterocycles. The number of alkyl halides is 3. The first-order valence-corrected chi connectivity index (χ1v) is 8.51. The Morgan fingerprint density at radius 3 is 2.41 bits per heavy atom. The smallest absolute Gasteiger partial charge is 0.417 e. The Kier molecular flexibility index (Phi) is 5.28. The van der Waals surface area contributed by atoms with Gasteiger partial charge in [-0.15, -0.1) is 0 Å². The van der Waals surface area contributed by atoms with Crippen LogP contribution < -0.4 is 0 Å². The van der Waals surface area contributed by atoms with E-state index in [0.717, 1.165) is 11.6 Å². The number of benzene rings is 2. The van der Waals surface area contributed by atoms with E-state index in [2.05, 4.69) is 4.98 Å². The number of nitrogens with one attached hydrogen (secondary N) is 1. The molecule has 0 atom stereocenters. The summed E-state index contributed by atoms with van der Waals surface area (Å²) < 4.78 is 44.5. The molecule has 140 valence electrons. The Balaban J connectivity index is 2.14. The third kappa shape index (κ3) is 4.01. The molecule has 0 aliphatic carbocycles. The second kappa shape index (κ2) is 7.48. The fraction of sp³-hybridized carbons (Fsp3) is 0.150. The fourth-order valence-corrected chi connectivity index (χ4v) is 2.95. The molecule has 3 aromatic rings. The minimum Gasteiger partial charge on any atom is -0.462 e. The molecule has 0 bridgehead atoms. The number of hydrogen-bond donors (Lipinski definition) is 1.